The molecule has 0 spiro atoms. The number of anilines is 2. The highest BCUT2D eigenvalue weighted by Crippen LogP contribution is 2.41. The van der Waals surface area contributed by atoms with E-state index in [-0.39, 0.29) is 21.3 Å². The number of amides is 1. The molecule has 0 radical (unpaired) electrons. The average molecular weight is 538 g/mol. The standard InChI is InChI=1S/C31H24FN3O3S/c1-33-18-8-11-22-19-27-26(20-28(22)39(37,38)25-16-14-23(32)15-17-25)29(31(36)35-27)30(21-9-4-2-5-10-21)34-24-12-6-3-7-13-24/h2-7,9-10,12-17,19-20,33-34H,18H2,1H3,(H,35,36)/b30-29-. The molecule has 0 bridgehead atoms. The maximum atomic E-state index is 13.8. The zero-order chi connectivity index (χ0) is 27.4. The number of nitrogens with one attached hydrogen (secondary N) is 3. The first kappa shape index (κ1) is 25.9. The molecule has 0 aromatic heterocycles. The van der Waals surface area contributed by atoms with E-state index in [1.165, 1.54) is 18.2 Å². The number of rotatable bonds is 6. The van der Waals surface area contributed by atoms with Crippen molar-refractivity contribution in [3.05, 3.63) is 120 Å². The van der Waals surface area contributed by atoms with E-state index in [2.05, 4.69) is 27.8 Å². The Balaban J connectivity index is 1.76. The molecular formula is C31H24FN3O3S. The van der Waals surface area contributed by atoms with Crippen LogP contribution in [-0.4, -0.2) is 27.9 Å². The van der Waals surface area contributed by atoms with Crippen LogP contribution in [0.3, 0.4) is 0 Å². The first-order chi connectivity index (χ1) is 18.9. The molecular weight excluding hydrogens is 513 g/mol. The number of para-hydroxylation sites is 1. The van der Waals surface area contributed by atoms with Crippen molar-refractivity contribution in [1.29, 1.82) is 0 Å². The summed E-state index contributed by atoms with van der Waals surface area (Å²) in [6.07, 6.45) is 0. The van der Waals surface area contributed by atoms with Gasteiger partial charge in [-0.15, -0.1) is 0 Å². The van der Waals surface area contributed by atoms with Crippen LogP contribution in [-0.2, 0) is 14.6 Å². The van der Waals surface area contributed by atoms with Crippen molar-refractivity contribution in [2.45, 2.75) is 9.79 Å². The van der Waals surface area contributed by atoms with Crippen LogP contribution in [0.15, 0.2) is 107 Å². The van der Waals surface area contributed by atoms with Crippen molar-refractivity contribution in [1.82, 2.24) is 5.32 Å². The molecule has 4 aromatic rings. The van der Waals surface area contributed by atoms with Crippen LogP contribution in [0.4, 0.5) is 15.8 Å². The normalized spacial score (nSPS) is 13.6. The Kier molecular flexibility index (Phi) is 7.28. The molecule has 3 N–H and O–H groups in total. The Hall–Kier alpha value is -4.71. The van der Waals surface area contributed by atoms with E-state index in [0.717, 1.165) is 23.4 Å². The fourth-order valence-electron chi connectivity index (χ4n) is 4.28. The molecule has 1 amide bonds. The van der Waals surface area contributed by atoms with E-state index in [0.29, 0.717) is 29.1 Å². The van der Waals surface area contributed by atoms with Gasteiger partial charge in [0.05, 0.1) is 33.3 Å². The zero-order valence-corrected chi connectivity index (χ0v) is 21.8. The Morgan fingerprint density at radius 3 is 2.26 bits per heavy atom. The fourth-order valence-corrected chi connectivity index (χ4v) is 5.70. The van der Waals surface area contributed by atoms with Gasteiger partial charge in [0, 0.05) is 16.8 Å². The van der Waals surface area contributed by atoms with E-state index in [4.69, 9.17) is 0 Å². The number of sulfone groups is 1. The quantitative estimate of drug-likeness (QED) is 0.180. The summed E-state index contributed by atoms with van der Waals surface area (Å²) in [7, 11) is -2.38. The molecule has 0 fully saturated rings. The summed E-state index contributed by atoms with van der Waals surface area (Å²) in [4.78, 5) is 13.3. The van der Waals surface area contributed by atoms with Gasteiger partial charge in [-0.25, -0.2) is 12.8 Å². The molecule has 0 aliphatic carbocycles. The van der Waals surface area contributed by atoms with Gasteiger partial charge in [0.2, 0.25) is 9.84 Å². The summed E-state index contributed by atoms with van der Waals surface area (Å²) in [6, 6.07) is 26.4. The second kappa shape index (κ2) is 11.0. The molecule has 4 aromatic carbocycles. The van der Waals surface area contributed by atoms with Crippen LogP contribution in [0.25, 0.3) is 11.3 Å². The van der Waals surface area contributed by atoms with E-state index >= 15 is 0 Å². The van der Waals surface area contributed by atoms with Crippen molar-refractivity contribution in [2.24, 2.45) is 0 Å². The average Bonchev–Trinajstić information content (AvgIpc) is 3.27. The zero-order valence-electron chi connectivity index (χ0n) is 21.0. The number of carbonyl (C=O) groups is 1. The minimum atomic E-state index is -4.11. The van der Waals surface area contributed by atoms with Gasteiger partial charge in [0.1, 0.15) is 5.82 Å². The molecule has 8 heteroatoms. The maximum absolute atomic E-state index is 13.8. The van der Waals surface area contributed by atoms with Gasteiger partial charge in [-0.3, -0.25) is 4.79 Å². The van der Waals surface area contributed by atoms with Gasteiger partial charge in [-0.1, -0.05) is 60.4 Å². The van der Waals surface area contributed by atoms with Crippen molar-refractivity contribution in [3.8, 4) is 11.8 Å². The van der Waals surface area contributed by atoms with Crippen molar-refractivity contribution >= 4 is 38.4 Å². The first-order valence-corrected chi connectivity index (χ1v) is 13.6. The van der Waals surface area contributed by atoms with Crippen LogP contribution in [0.1, 0.15) is 16.7 Å². The van der Waals surface area contributed by atoms with Crippen molar-refractivity contribution in [3.63, 3.8) is 0 Å². The monoisotopic (exact) mass is 537 g/mol. The summed E-state index contributed by atoms with van der Waals surface area (Å²) in [5, 5.41) is 9.13. The summed E-state index contributed by atoms with van der Waals surface area (Å²) >= 11 is 0. The minimum Gasteiger partial charge on any atom is -0.354 e. The molecule has 1 aliphatic rings. The summed E-state index contributed by atoms with van der Waals surface area (Å²) in [5.74, 6) is 4.89. The molecule has 0 atom stereocenters. The number of carbonyl (C=O) groups excluding carboxylic acids is 1. The van der Waals surface area contributed by atoms with Gasteiger partial charge in [0.25, 0.3) is 5.91 Å². The number of hydrogen-bond acceptors (Lipinski definition) is 5. The lowest BCUT2D eigenvalue weighted by molar-refractivity contribution is -0.110. The largest absolute Gasteiger partial charge is 0.354 e. The Labute approximate surface area is 226 Å². The predicted octanol–water partition coefficient (Wildman–Crippen LogP) is 5.16. The van der Waals surface area contributed by atoms with Crippen molar-refractivity contribution < 1.29 is 17.6 Å². The van der Waals surface area contributed by atoms with E-state index < -0.39 is 15.7 Å². The number of fused-ring (bicyclic) bond motifs is 1. The Morgan fingerprint density at radius 1 is 0.923 bits per heavy atom. The molecule has 6 nitrogen and oxygen atoms in total. The van der Waals surface area contributed by atoms with Crippen molar-refractivity contribution in [2.75, 3.05) is 24.2 Å². The third-order valence-corrected chi connectivity index (χ3v) is 7.93. The molecule has 0 saturated heterocycles. The molecule has 0 saturated carbocycles. The maximum Gasteiger partial charge on any atom is 0.258 e. The SMILES string of the molecule is CNCC#Cc1cc2c(cc1S(=O)(=O)c1ccc(F)cc1)/C(=C(/Nc1ccccc1)c1ccccc1)C(=O)N2. The molecule has 5 rings (SSSR count). The summed E-state index contributed by atoms with van der Waals surface area (Å²) < 4.78 is 41.1. The van der Waals surface area contributed by atoms with Gasteiger partial charge >= 0.3 is 0 Å². The summed E-state index contributed by atoms with van der Waals surface area (Å²) in [6.45, 7) is 0.337. The van der Waals surface area contributed by atoms with Crippen LogP contribution in [0, 0.1) is 17.7 Å². The van der Waals surface area contributed by atoms with E-state index in [1.807, 2.05) is 60.7 Å². The third kappa shape index (κ3) is 5.32. The molecule has 1 aliphatic heterocycles. The fraction of sp³-hybridized carbons (Fsp3) is 0.0645. The number of hydrogen-bond donors (Lipinski definition) is 3. The molecule has 0 unspecified atom stereocenters. The smallest absolute Gasteiger partial charge is 0.258 e. The first-order valence-electron chi connectivity index (χ1n) is 12.1. The van der Waals surface area contributed by atoms with Crippen LogP contribution >= 0.6 is 0 Å². The third-order valence-electron chi connectivity index (χ3n) is 6.12. The number of halogens is 1. The van der Waals surface area contributed by atoms with Crippen LogP contribution < -0.4 is 16.0 Å². The highest BCUT2D eigenvalue weighted by atomic mass is 32.2. The molecule has 39 heavy (non-hydrogen) atoms. The van der Waals surface area contributed by atoms with Crippen LogP contribution in [0.2, 0.25) is 0 Å². The Bertz CT molecular complexity index is 1740. The minimum absolute atomic E-state index is 0.0717. The Morgan fingerprint density at radius 2 is 1.59 bits per heavy atom. The van der Waals surface area contributed by atoms with Crippen LogP contribution in [0.5, 0.6) is 0 Å². The van der Waals surface area contributed by atoms with Gasteiger partial charge in [0.15, 0.2) is 0 Å². The topological polar surface area (TPSA) is 87.3 Å². The lowest BCUT2D eigenvalue weighted by Gasteiger charge is -2.15. The van der Waals surface area contributed by atoms with E-state index in [1.54, 1.807) is 13.1 Å². The predicted molar refractivity (Wildman–Crippen MR) is 151 cm³/mol. The lowest BCUT2D eigenvalue weighted by atomic mass is 9.99. The highest BCUT2D eigenvalue weighted by molar-refractivity contribution is 7.91. The summed E-state index contributed by atoms with van der Waals surface area (Å²) in [5.41, 5.74) is 3.43. The van der Waals surface area contributed by atoms with E-state index in [9.17, 15) is 17.6 Å². The second-order valence-electron chi connectivity index (χ2n) is 8.74. The highest BCUT2D eigenvalue weighted by Gasteiger charge is 2.32. The molecule has 1 heterocycles. The molecule has 194 valence electrons. The van der Waals surface area contributed by atoms with Gasteiger partial charge in [-0.05, 0) is 61.1 Å². The van der Waals surface area contributed by atoms with Gasteiger partial charge in [-0.2, -0.15) is 0 Å². The second-order valence-corrected chi connectivity index (χ2v) is 10.7. The van der Waals surface area contributed by atoms with Gasteiger partial charge < -0.3 is 16.0 Å². The number of benzene rings is 4. The lowest BCUT2D eigenvalue weighted by Crippen LogP contribution is -2.10.